The molecule has 6 heteroatoms. The quantitative estimate of drug-likeness (QED) is 0.828. The molecule has 1 unspecified atom stereocenters. The van der Waals surface area contributed by atoms with Crippen LogP contribution in [-0.4, -0.2) is 60.8 Å². The van der Waals surface area contributed by atoms with Crippen LogP contribution in [0.15, 0.2) is 30.5 Å². The van der Waals surface area contributed by atoms with Gasteiger partial charge in [-0.15, -0.1) is 0 Å². The van der Waals surface area contributed by atoms with Crippen molar-refractivity contribution in [2.24, 2.45) is 0 Å². The van der Waals surface area contributed by atoms with Gasteiger partial charge in [-0.1, -0.05) is 0 Å². The number of ether oxygens (including phenoxy) is 1. The summed E-state index contributed by atoms with van der Waals surface area (Å²) in [4.78, 5) is 14.0. The number of rotatable bonds is 6. The highest BCUT2D eigenvalue weighted by Crippen LogP contribution is 2.22. The van der Waals surface area contributed by atoms with Crippen molar-refractivity contribution in [3.8, 4) is 0 Å². The lowest BCUT2D eigenvalue weighted by Gasteiger charge is -2.34. The third-order valence-corrected chi connectivity index (χ3v) is 5.80. The van der Waals surface area contributed by atoms with Gasteiger partial charge in [-0.05, 0) is 69.5 Å². The molecule has 0 radical (unpaired) electrons. The van der Waals surface area contributed by atoms with E-state index < -0.39 is 0 Å². The normalized spacial score (nSPS) is 20.5. The SMILES string of the molecule is Cc1cnc(Nc2ccc(N3CCN(C)CC3)cc2)nc1CCC1CCCO1. The summed E-state index contributed by atoms with van der Waals surface area (Å²) in [7, 11) is 2.18. The van der Waals surface area contributed by atoms with Gasteiger partial charge in [0.1, 0.15) is 0 Å². The van der Waals surface area contributed by atoms with Crippen LogP contribution < -0.4 is 10.2 Å². The van der Waals surface area contributed by atoms with Gasteiger partial charge in [0.15, 0.2) is 0 Å². The summed E-state index contributed by atoms with van der Waals surface area (Å²) in [6.07, 6.45) is 6.65. The summed E-state index contributed by atoms with van der Waals surface area (Å²) in [6.45, 7) is 7.39. The molecule has 0 saturated carbocycles. The number of aryl methyl sites for hydroxylation is 2. The van der Waals surface area contributed by atoms with Gasteiger partial charge in [0.2, 0.25) is 5.95 Å². The Bertz CT molecular complexity index is 765. The number of likely N-dealkylation sites (N-methyl/N-ethyl adjacent to an activating group) is 1. The lowest BCUT2D eigenvalue weighted by Crippen LogP contribution is -2.44. The van der Waals surface area contributed by atoms with E-state index in [1.165, 1.54) is 18.5 Å². The van der Waals surface area contributed by atoms with E-state index in [0.29, 0.717) is 12.1 Å². The van der Waals surface area contributed by atoms with E-state index in [2.05, 4.69) is 58.3 Å². The van der Waals surface area contributed by atoms with Crippen LogP contribution in [0.5, 0.6) is 0 Å². The van der Waals surface area contributed by atoms with Crippen molar-refractivity contribution in [3.05, 3.63) is 41.7 Å². The number of piperazine rings is 1. The summed E-state index contributed by atoms with van der Waals surface area (Å²) in [6, 6.07) is 8.59. The maximum atomic E-state index is 5.74. The Hall–Kier alpha value is -2.18. The average Bonchev–Trinajstić information content (AvgIpc) is 3.23. The first-order valence-electron chi connectivity index (χ1n) is 10.4. The first kappa shape index (κ1) is 19.2. The van der Waals surface area contributed by atoms with Gasteiger partial charge >= 0.3 is 0 Å². The Morgan fingerprint density at radius 1 is 1.14 bits per heavy atom. The molecule has 2 aliphatic heterocycles. The number of hydrogen-bond acceptors (Lipinski definition) is 6. The molecule has 150 valence electrons. The summed E-state index contributed by atoms with van der Waals surface area (Å²) in [5, 5.41) is 3.36. The first-order valence-corrected chi connectivity index (χ1v) is 10.4. The molecule has 28 heavy (non-hydrogen) atoms. The average molecular weight is 382 g/mol. The molecule has 0 bridgehead atoms. The first-order chi connectivity index (χ1) is 13.7. The highest BCUT2D eigenvalue weighted by Gasteiger charge is 2.17. The lowest BCUT2D eigenvalue weighted by molar-refractivity contribution is 0.104. The Morgan fingerprint density at radius 3 is 2.64 bits per heavy atom. The molecule has 1 aromatic carbocycles. The maximum absolute atomic E-state index is 5.74. The van der Waals surface area contributed by atoms with Gasteiger partial charge in [0.05, 0.1) is 6.10 Å². The van der Waals surface area contributed by atoms with E-state index in [4.69, 9.17) is 9.72 Å². The number of hydrogen-bond donors (Lipinski definition) is 1. The van der Waals surface area contributed by atoms with Crippen LogP contribution in [0.4, 0.5) is 17.3 Å². The molecule has 1 aromatic heterocycles. The van der Waals surface area contributed by atoms with Gasteiger partial charge in [-0.2, -0.15) is 0 Å². The molecular formula is C22H31N5O. The number of aromatic nitrogens is 2. The number of nitrogens with one attached hydrogen (secondary N) is 1. The summed E-state index contributed by atoms with van der Waals surface area (Å²) >= 11 is 0. The van der Waals surface area contributed by atoms with Crippen molar-refractivity contribution in [2.75, 3.05) is 50.1 Å². The number of anilines is 3. The van der Waals surface area contributed by atoms with Crippen molar-refractivity contribution in [3.63, 3.8) is 0 Å². The van der Waals surface area contributed by atoms with Crippen LogP contribution in [0, 0.1) is 6.92 Å². The van der Waals surface area contributed by atoms with E-state index in [0.717, 1.165) is 62.6 Å². The summed E-state index contributed by atoms with van der Waals surface area (Å²) in [5.41, 5.74) is 4.56. The fourth-order valence-electron chi connectivity index (χ4n) is 3.91. The van der Waals surface area contributed by atoms with Crippen LogP contribution in [0.3, 0.4) is 0 Å². The van der Waals surface area contributed by atoms with Crippen LogP contribution in [0.25, 0.3) is 0 Å². The zero-order chi connectivity index (χ0) is 19.3. The van der Waals surface area contributed by atoms with E-state index in [1.807, 2.05) is 6.20 Å². The van der Waals surface area contributed by atoms with Crippen molar-refractivity contribution >= 4 is 17.3 Å². The van der Waals surface area contributed by atoms with Crippen molar-refractivity contribution < 1.29 is 4.74 Å². The fraction of sp³-hybridized carbons (Fsp3) is 0.545. The molecule has 1 N–H and O–H groups in total. The second kappa shape index (κ2) is 8.88. The molecule has 0 aliphatic carbocycles. The van der Waals surface area contributed by atoms with E-state index in [-0.39, 0.29) is 0 Å². The zero-order valence-electron chi connectivity index (χ0n) is 17.0. The standard InChI is InChI=1S/C22H31N5O/c1-17-16-23-22(25-21(17)10-9-20-4-3-15-28-20)24-18-5-7-19(8-6-18)27-13-11-26(2)12-14-27/h5-8,16,20H,3-4,9-15H2,1-2H3,(H,23,24,25). The predicted molar refractivity (Wildman–Crippen MR) is 113 cm³/mol. The van der Waals surface area contributed by atoms with Gasteiger partial charge in [-0.3, -0.25) is 0 Å². The lowest BCUT2D eigenvalue weighted by atomic mass is 10.1. The number of nitrogens with zero attached hydrogens (tertiary/aromatic N) is 4. The molecule has 4 rings (SSSR count). The molecule has 2 saturated heterocycles. The van der Waals surface area contributed by atoms with Crippen molar-refractivity contribution in [2.45, 2.75) is 38.7 Å². The second-order valence-electron chi connectivity index (χ2n) is 7.96. The molecule has 1 atom stereocenters. The minimum Gasteiger partial charge on any atom is -0.378 e. The van der Waals surface area contributed by atoms with Gasteiger partial charge in [0, 0.05) is 56.1 Å². The Morgan fingerprint density at radius 2 is 1.93 bits per heavy atom. The third-order valence-electron chi connectivity index (χ3n) is 5.80. The summed E-state index contributed by atoms with van der Waals surface area (Å²) < 4.78 is 5.74. The van der Waals surface area contributed by atoms with Crippen LogP contribution >= 0.6 is 0 Å². The summed E-state index contributed by atoms with van der Waals surface area (Å²) in [5.74, 6) is 0.667. The monoisotopic (exact) mass is 381 g/mol. The molecular weight excluding hydrogens is 350 g/mol. The smallest absolute Gasteiger partial charge is 0.227 e. The molecule has 2 fully saturated rings. The van der Waals surface area contributed by atoms with Crippen molar-refractivity contribution in [1.82, 2.24) is 14.9 Å². The second-order valence-corrected chi connectivity index (χ2v) is 7.96. The topological polar surface area (TPSA) is 53.5 Å². The molecule has 0 spiro atoms. The Labute approximate surface area is 167 Å². The van der Waals surface area contributed by atoms with Crippen LogP contribution in [-0.2, 0) is 11.2 Å². The molecule has 3 heterocycles. The van der Waals surface area contributed by atoms with Crippen LogP contribution in [0.1, 0.15) is 30.5 Å². The van der Waals surface area contributed by atoms with Gasteiger partial charge in [0.25, 0.3) is 0 Å². The molecule has 2 aromatic rings. The molecule has 6 nitrogen and oxygen atoms in total. The minimum atomic E-state index is 0.396. The van der Waals surface area contributed by atoms with Gasteiger partial charge in [-0.25, -0.2) is 9.97 Å². The Kier molecular flexibility index (Phi) is 6.07. The van der Waals surface area contributed by atoms with Gasteiger partial charge < -0.3 is 19.9 Å². The minimum absolute atomic E-state index is 0.396. The van der Waals surface area contributed by atoms with Crippen LogP contribution in [0.2, 0.25) is 0 Å². The third kappa shape index (κ3) is 4.80. The molecule has 0 amide bonds. The fourth-order valence-corrected chi connectivity index (χ4v) is 3.91. The van der Waals surface area contributed by atoms with E-state index >= 15 is 0 Å². The zero-order valence-corrected chi connectivity index (χ0v) is 17.0. The Balaban J connectivity index is 1.37. The van der Waals surface area contributed by atoms with E-state index in [9.17, 15) is 0 Å². The van der Waals surface area contributed by atoms with Crippen molar-refractivity contribution in [1.29, 1.82) is 0 Å². The largest absolute Gasteiger partial charge is 0.378 e. The van der Waals surface area contributed by atoms with E-state index in [1.54, 1.807) is 0 Å². The predicted octanol–water partition coefficient (Wildman–Crippen LogP) is 3.39. The number of benzene rings is 1. The molecule has 2 aliphatic rings. The maximum Gasteiger partial charge on any atom is 0.227 e. The highest BCUT2D eigenvalue weighted by molar-refractivity contribution is 5.59. The highest BCUT2D eigenvalue weighted by atomic mass is 16.5.